The number of hydrogen-bond donors (Lipinski definition) is 1. The van der Waals surface area contributed by atoms with E-state index in [2.05, 4.69) is 14.7 Å². The van der Waals surface area contributed by atoms with Crippen LogP contribution in [0.15, 0.2) is 29.2 Å². The van der Waals surface area contributed by atoms with Gasteiger partial charge in [0.15, 0.2) is 0 Å². The normalized spacial score (nSPS) is 11.5. The Morgan fingerprint density at radius 2 is 1.74 bits per heavy atom. The summed E-state index contributed by atoms with van der Waals surface area (Å²) in [7, 11) is 0.122. The van der Waals surface area contributed by atoms with Crippen molar-refractivity contribution in [1.82, 2.24) is 14.7 Å². The number of hydrogen-bond acceptors (Lipinski definition) is 5. The summed E-state index contributed by atoms with van der Waals surface area (Å²) < 4.78 is 27.4. The van der Waals surface area contributed by atoms with E-state index in [0.29, 0.717) is 11.6 Å². The van der Waals surface area contributed by atoms with Crippen LogP contribution in [0, 0.1) is 20.8 Å². The molecular weight excluding hydrogens is 312 g/mol. The van der Waals surface area contributed by atoms with Crippen molar-refractivity contribution < 1.29 is 8.42 Å². The number of nitrogens with one attached hydrogen (secondary N) is 1. The van der Waals surface area contributed by atoms with Gasteiger partial charge in [0.2, 0.25) is 16.0 Å². The van der Waals surface area contributed by atoms with E-state index >= 15 is 0 Å². The topological polar surface area (TPSA) is 75.2 Å². The fraction of sp³-hybridized carbons (Fsp3) is 0.375. The summed E-state index contributed by atoms with van der Waals surface area (Å²) in [5, 5.41) is 0. The second-order valence-corrected chi connectivity index (χ2v) is 7.53. The zero-order chi connectivity index (χ0) is 17.2. The summed E-state index contributed by atoms with van der Waals surface area (Å²) >= 11 is 0. The first-order valence-corrected chi connectivity index (χ1v) is 8.76. The van der Waals surface area contributed by atoms with Crippen LogP contribution < -0.4 is 9.62 Å². The molecule has 0 aliphatic carbocycles. The van der Waals surface area contributed by atoms with Crippen LogP contribution in [0.3, 0.4) is 0 Å². The van der Waals surface area contributed by atoms with Gasteiger partial charge in [-0.05, 0) is 50.1 Å². The number of aromatic nitrogens is 2. The Morgan fingerprint density at radius 3 is 2.35 bits per heavy atom. The van der Waals surface area contributed by atoms with E-state index in [9.17, 15) is 8.42 Å². The van der Waals surface area contributed by atoms with Gasteiger partial charge in [0.05, 0.1) is 17.1 Å². The average molecular weight is 334 g/mol. The largest absolute Gasteiger partial charge is 0.347 e. The van der Waals surface area contributed by atoms with Crippen molar-refractivity contribution in [3.8, 4) is 0 Å². The molecule has 0 aliphatic heterocycles. The lowest BCUT2D eigenvalue weighted by atomic mass is 10.1. The standard InChI is InChI=1S/C16H22N4O2S/c1-11-6-7-15(8-12(11)2)23(21,22)17-10-14-9-13(3)18-16(19-14)20(4)5/h6-9,17H,10H2,1-5H3. The van der Waals surface area contributed by atoms with Crippen LogP contribution in [0.5, 0.6) is 0 Å². The maximum absolute atomic E-state index is 12.4. The fourth-order valence-corrected chi connectivity index (χ4v) is 3.12. The summed E-state index contributed by atoms with van der Waals surface area (Å²) in [6, 6.07) is 6.87. The molecule has 0 bridgehead atoms. The molecule has 7 heteroatoms. The highest BCUT2D eigenvalue weighted by atomic mass is 32.2. The van der Waals surface area contributed by atoms with Gasteiger partial charge in [0.1, 0.15) is 0 Å². The lowest BCUT2D eigenvalue weighted by Gasteiger charge is -2.13. The molecule has 0 atom stereocenters. The minimum Gasteiger partial charge on any atom is -0.347 e. The summed E-state index contributed by atoms with van der Waals surface area (Å²) in [5.41, 5.74) is 3.43. The second kappa shape index (κ2) is 6.64. The molecule has 1 N–H and O–H groups in total. The Morgan fingerprint density at radius 1 is 1.04 bits per heavy atom. The van der Waals surface area contributed by atoms with Crippen molar-refractivity contribution in [2.75, 3.05) is 19.0 Å². The summed E-state index contributed by atoms with van der Waals surface area (Å²) in [4.78, 5) is 10.7. The number of rotatable bonds is 5. The molecule has 0 spiro atoms. The Bertz CT molecular complexity index is 817. The maximum atomic E-state index is 12.4. The molecular formula is C16H22N4O2S. The van der Waals surface area contributed by atoms with Crippen LogP contribution in [0.25, 0.3) is 0 Å². The van der Waals surface area contributed by atoms with Gasteiger partial charge in [0, 0.05) is 19.8 Å². The van der Waals surface area contributed by atoms with Crippen molar-refractivity contribution >= 4 is 16.0 Å². The highest BCUT2D eigenvalue weighted by Crippen LogP contribution is 2.15. The molecule has 0 fully saturated rings. The van der Waals surface area contributed by atoms with Gasteiger partial charge in [-0.1, -0.05) is 6.07 Å². The third-order valence-electron chi connectivity index (χ3n) is 3.53. The average Bonchev–Trinajstić information content (AvgIpc) is 2.47. The third-order valence-corrected chi connectivity index (χ3v) is 4.93. The highest BCUT2D eigenvalue weighted by Gasteiger charge is 2.15. The van der Waals surface area contributed by atoms with Crippen LogP contribution in [0.2, 0.25) is 0 Å². The Balaban J connectivity index is 2.20. The van der Waals surface area contributed by atoms with E-state index in [4.69, 9.17) is 0 Å². The zero-order valence-corrected chi connectivity index (χ0v) is 14.9. The smallest absolute Gasteiger partial charge is 0.240 e. The van der Waals surface area contributed by atoms with Crippen molar-refractivity contribution in [1.29, 1.82) is 0 Å². The molecule has 0 amide bonds. The first-order valence-electron chi connectivity index (χ1n) is 7.28. The van der Waals surface area contributed by atoms with E-state index < -0.39 is 10.0 Å². The Labute approximate surface area is 137 Å². The summed E-state index contributed by atoms with van der Waals surface area (Å²) in [6.45, 7) is 5.83. The van der Waals surface area contributed by atoms with E-state index in [1.807, 2.05) is 40.9 Å². The van der Waals surface area contributed by atoms with Crippen LogP contribution in [0.1, 0.15) is 22.5 Å². The van der Waals surface area contributed by atoms with Crippen molar-refractivity contribution in [2.24, 2.45) is 0 Å². The molecule has 1 aromatic heterocycles. The molecule has 23 heavy (non-hydrogen) atoms. The van der Waals surface area contributed by atoms with E-state index in [1.165, 1.54) is 0 Å². The summed E-state index contributed by atoms with van der Waals surface area (Å²) in [5.74, 6) is 0.561. The quantitative estimate of drug-likeness (QED) is 0.904. The fourth-order valence-electron chi connectivity index (χ4n) is 2.04. The minimum atomic E-state index is -3.57. The molecule has 0 radical (unpaired) electrons. The van der Waals surface area contributed by atoms with Crippen LogP contribution in [0.4, 0.5) is 5.95 Å². The monoisotopic (exact) mass is 334 g/mol. The predicted molar refractivity (Wildman–Crippen MR) is 91.0 cm³/mol. The highest BCUT2D eigenvalue weighted by molar-refractivity contribution is 7.89. The maximum Gasteiger partial charge on any atom is 0.240 e. The van der Waals surface area contributed by atoms with Gasteiger partial charge >= 0.3 is 0 Å². The van der Waals surface area contributed by atoms with Crippen LogP contribution >= 0.6 is 0 Å². The first kappa shape index (κ1) is 17.4. The lowest BCUT2D eigenvalue weighted by Crippen LogP contribution is -2.24. The van der Waals surface area contributed by atoms with Crippen LogP contribution in [-0.2, 0) is 16.6 Å². The molecule has 0 unspecified atom stereocenters. The van der Waals surface area contributed by atoms with Gasteiger partial charge in [-0.3, -0.25) is 0 Å². The van der Waals surface area contributed by atoms with Crippen molar-refractivity contribution in [3.05, 3.63) is 46.8 Å². The first-order chi connectivity index (χ1) is 10.7. The van der Waals surface area contributed by atoms with Gasteiger partial charge < -0.3 is 4.90 Å². The van der Waals surface area contributed by atoms with Gasteiger partial charge in [-0.2, -0.15) is 0 Å². The second-order valence-electron chi connectivity index (χ2n) is 5.77. The molecule has 1 aromatic carbocycles. The molecule has 0 aliphatic rings. The third kappa shape index (κ3) is 4.27. The Kier molecular flexibility index (Phi) is 5.01. The number of anilines is 1. The van der Waals surface area contributed by atoms with E-state index in [0.717, 1.165) is 16.8 Å². The number of nitrogens with zero attached hydrogens (tertiary/aromatic N) is 3. The zero-order valence-electron chi connectivity index (χ0n) is 14.1. The van der Waals surface area contributed by atoms with Gasteiger partial charge in [-0.25, -0.2) is 23.1 Å². The molecule has 0 saturated heterocycles. The minimum absolute atomic E-state index is 0.124. The van der Waals surface area contributed by atoms with Gasteiger partial charge in [0.25, 0.3) is 0 Å². The SMILES string of the molecule is Cc1cc(CNS(=O)(=O)c2ccc(C)c(C)c2)nc(N(C)C)n1. The molecule has 1 heterocycles. The molecule has 124 valence electrons. The summed E-state index contributed by atoms with van der Waals surface area (Å²) in [6.07, 6.45) is 0. The molecule has 2 rings (SSSR count). The lowest BCUT2D eigenvalue weighted by molar-refractivity contribution is 0.580. The van der Waals surface area contributed by atoms with Gasteiger partial charge in [-0.15, -0.1) is 0 Å². The number of sulfonamides is 1. The van der Waals surface area contributed by atoms with Crippen molar-refractivity contribution in [2.45, 2.75) is 32.2 Å². The van der Waals surface area contributed by atoms with E-state index in [1.54, 1.807) is 23.1 Å². The van der Waals surface area contributed by atoms with E-state index in [-0.39, 0.29) is 11.4 Å². The van der Waals surface area contributed by atoms with Crippen LogP contribution in [-0.4, -0.2) is 32.5 Å². The van der Waals surface area contributed by atoms with Crippen molar-refractivity contribution in [3.63, 3.8) is 0 Å². The molecule has 0 saturated carbocycles. The molecule has 2 aromatic rings. The predicted octanol–water partition coefficient (Wildman–Crippen LogP) is 1.95. The number of aryl methyl sites for hydroxylation is 3. The molecule has 6 nitrogen and oxygen atoms in total. The number of benzene rings is 1. The Hall–Kier alpha value is -1.99.